The van der Waals surface area contributed by atoms with E-state index in [0.717, 1.165) is 6.07 Å². The van der Waals surface area contributed by atoms with Gasteiger partial charge in [0.2, 0.25) is 11.8 Å². The molecular formula is C26H27ClFN5O5. The van der Waals surface area contributed by atoms with Gasteiger partial charge in [0.15, 0.2) is 5.75 Å². The van der Waals surface area contributed by atoms with Crippen molar-refractivity contribution in [2.24, 2.45) is 0 Å². The lowest BCUT2D eigenvalue weighted by Gasteiger charge is -2.41. The minimum Gasteiger partial charge on any atom is -0.507 e. The second kappa shape index (κ2) is 9.79. The Balaban J connectivity index is 1.69. The van der Waals surface area contributed by atoms with Crippen LogP contribution in [-0.2, 0) is 9.59 Å². The number of hydrogen-bond acceptors (Lipinski definition) is 7. The molecule has 3 amide bonds. The maximum atomic E-state index is 15.0. The second-order valence-electron chi connectivity index (χ2n) is 9.64. The number of phenolic OH excluding ortho intramolecular Hbond substituents is 1. The fraction of sp³-hybridized carbons (Fsp3) is 0.385. The van der Waals surface area contributed by atoms with E-state index in [1.807, 2.05) is 6.92 Å². The summed E-state index contributed by atoms with van der Waals surface area (Å²) < 4.78 is 21.1. The highest BCUT2D eigenvalue weighted by Crippen LogP contribution is 2.46. The highest BCUT2D eigenvalue weighted by molar-refractivity contribution is 6.35. The Morgan fingerprint density at radius 3 is 2.71 bits per heavy atom. The summed E-state index contributed by atoms with van der Waals surface area (Å²) >= 11 is 6.73. The lowest BCUT2D eigenvalue weighted by Crippen LogP contribution is -2.58. The molecule has 38 heavy (non-hydrogen) atoms. The maximum absolute atomic E-state index is 15.0. The molecule has 1 unspecified atom stereocenters. The number of aromatic hydroxyl groups is 1. The fourth-order valence-corrected chi connectivity index (χ4v) is 5.48. The van der Waals surface area contributed by atoms with Gasteiger partial charge >= 0.3 is 0 Å². The van der Waals surface area contributed by atoms with Gasteiger partial charge in [-0.1, -0.05) is 24.2 Å². The number of piperazine rings is 2. The summed E-state index contributed by atoms with van der Waals surface area (Å²) in [6, 6.07) is 3.10. The number of phenols is 1. The number of amides is 3. The number of fused-ring (bicyclic) bond motifs is 2. The summed E-state index contributed by atoms with van der Waals surface area (Å²) in [7, 11) is 1.69. The molecule has 10 nitrogen and oxygen atoms in total. The zero-order valence-electron chi connectivity index (χ0n) is 21.0. The number of aromatic nitrogens is 1. The number of halogens is 2. The molecule has 0 saturated carbocycles. The van der Waals surface area contributed by atoms with Crippen LogP contribution in [0.15, 0.2) is 30.9 Å². The van der Waals surface area contributed by atoms with Crippen molar-refractivity contribution in [2.75, 3.05) is 51.3 Å². The number of carbonyl (C=O) groups is 3. The van der Waals surface area contributed by atoms with Gasteiger partial charge in [0.25, 0.3) is 5.91 Å². The molecule has 4 heterocycles. The molecule has 1 aromatic heterocycles. The summed E-state index contributed by atoms with van der Waals surface area (Å²) in [4.78, 5) is 50.0. The van der Waals surface area contributed by atoms with Gasteiger partial charge in [0, 0.05) is 39.3 Å². The molecule has 5 rings (SSSR count). The largest absolute Gasteiger partial charge is 0.507 e. The van der Waals surface area contributed by atoms with E-state index in [1.54, 1.807) is 26.6 Å². The predicted molar refractivity (Wildman–Crippen MR) is 138 cm³/mol. The van der Waals surface area contributed by atoms with Crippen molar-refractivity contribution in [3.63, 3.8) is 0 Å². The number of anilines is 1. The van der Waals surface area contributed by atoms with Gasteiger partial charge in [-0.3, -0.25) is 14.4 Å². The van der Waals surface area contributed by atoms with E-state index in [2.05, 4.69) is 11.6 Å². The zero-order valence-corrected chi connectivity index (χ0v) is 21.7. The Bertz CT molecular complexity index is 1330. The smallest absolute Gasteiger partial charge is 0.261 e. The van der Waals surface area contributed by atoms with Crippen LogP contribution in [0, 0.1) is 5.82 Å². The third-order valence-electron chi connectivity index (χ3n) is 7.24. The average molecular weight is 544 g/mol. The first-order valence-corrected chi connectivity index (χ1v) is 12.6. The van der Waals surface area contributed by atoms with E-state index in [1.165, 1.54) is 18.2 Å². The number of hydrogen-bond donors (Lipinski definition) is 1. The molecule has 1 aromatic carbocycles. The number of rotatable bonds is 3. The lowest BCUT2D eigenvalue weighted by atomic mass is 10.0. The molecule has 1 N–H and O–H groups in total. The van der Waals surface area contributed by atoms with Gasteiger partial charge < -0.3 is 29.4 Å². The number of ether oxygens (including phenoxy) is 1. The van der Waals surface area contributed by atoms with Crippen LogP contribution in [0.5, 0.6) is 11.5 Å². The Hall–Kier alpha value is -3.86. The van der Waals surface area contributed by atoms with Crippen LogP contribution in [0.1, 0.15) is 17.3 Å². The van der Waals surface area contributed by atoms with E-state index in [-0.39, 0.29) is 83.3 Å². The predicted octanol–water partition coefficient (Wildman–Crippen LogP) is 2.14. The minimum atomic E-state index is -0.760. The number of nitrogens with zero attached hydrogens (tertiary/aromatic N) is 5. The Morgan fingerprint density at radius 1 is 1.24 bits per heavy atom. The topological polar surface area (TPSA) is 107 Å². The number of benzene rings is 1. The molecule has 200 valence electrons. The van der Waals surface area contributed by atoms with Crippen molar-refractivity contribution in [1.82, 2.24) is 19.7 Å². The summed E-state index contributed by atoms with van der Waals surface area (Å²) in [5.41, 5.74) is -0.286. The first-order valence-electron chi connectivity index (χ1n) is 12.2. The molecule has 2 aromatic rings. The third-order valence-corrected chi connectivity index (χ3v) is 7.59. The van der Waals surface area contributed by atoms with Crippen LogP contribution in [0.4, 0.5) is 10.2 Å². The molecule has 12 heteroatoms. The van der Waals surface area contributed by atoms with Gasteiger partial charge in [-0.25, -0.2) is 9.37 Å². The lowest BCUT2D eigenvalue weighted by molar-refractivity contribution is -0.130. The van der Waals surface area contributed by atoms with Crippen molar-refractivity contribution < 1.29 is 28.6 Å². The number of likely N-dealkylation sites (N-methyl/N-ethyl adjacent to an activating group) is 1. The quantitative estimate of drug-likeness (QED) is 0.591. The molecule has 2 fully saturated rings. The van der Waals surface area contributed by atoms with E-state index in [0.29, 0.717) is 13.1 Å². The maximum Gasteiger partial charge on any atom is 0.261 e. The SMILES string of the molecule is C=CC(=O)N1CCN2C(=O)c3c(N4CC(=O)N(C)CC4C)nc(-c4c(O)cccc4F)c(Cl)c3OC[C@H]2C1. The van der Waals surface area contributed by atoms with Crippen molar-refractivity contribution in [3.05, 3.63) is 47.3 Å². The summed E-state index contributed by atoms with van der Waals surface area (Å²) in [5, 5.41) is 10.4. The Kier molecular flexibility index (Phi) is 6.64. The molecule has 3 aliphatic heterocycles. The molecular weight excluding hydrogens is 517 g/mol. The van der Waals surface area contributed by atoms with E-state index in [9.17, 15) is 23.9 Å². The normalized spacial score (nSPS) is 21.5. The highest BCUT2D eigenvalue weighted by atomic mass is 35.5. The Labute approximate surface area is 223 Å². The summed E-state index contributed by atoms with van der Waals surface area (Å²) in [6.07, 6.45) is 1.22. The monoisotopic (exact) mass is 543 g/mol. The summed E-state index contributed by atoms with van der Waals surface area (Å²) in [5.74, 6) is -1.88. The first-order chi connectivity index (χ1) is 18.1. The van der Waals surface area contributed by atoms with E-state index < -0.39 is 17.8 Å². The zero-order chi connectivity index (χ0) is 27.3. The van der Waals surface area contributed by atoms with Crippen molar-refractivity contribution >= 4 is 35.1 Å². The van der Waals surface area contributed by atoms with Crippen molar-refractivity contribution in [2.45, 2.75) is 19.0 Å². The molecule has 2 atom stereocenters. The minimum absolute atomic E-state index is 0.00565. The van der Waals surface area contributed by atoms with Gasteiger partial charge in [0.1, 0.15) is 40.3 Å². The summed E-state index contributed by atoms with van der Waals surface area (Å²) in [6.45, 7) is 6.53. The molecule has 2 saturated heterocycles. The van der Waals surface area contributed by atoms with Crippen molar-refractivity contribution in [1.29, 1.82) is 0 Å². The number of carbonyl (C=O) groups excluding carboxylic acids is 3. The van der Waals surface area contributed by atoms with Gasteiger partial charge in [-0.05, 0) is 25.1 Å². The molecule has 0 spiro atoms. The number of pyridine rings is 1. The molecule has 3 aliphatic rings. The van der Waals surface area contributed by atoms with Crippen molar-refractivity contribution in [3.8, 4) is 22.8 Å². The van der Waals surface area contributed by atoms with Crippen LogP contribution >= 0.6 is 11.6 Å². The van der Waals surface area contributed by atoms with Crippen LogP contribution in [0.3, 0.4) is 0 Å². The third kappa shape index (κ3) is 4.20. The van der Waals surface area contributed by atoms with Gasteiger partial charge in [-0.15, -0.1) is 0 Å². The average Bonchev–Trinajstić information content (AvgIpc) is 3.03. The molecule has 0 aliphatic carbocycles. The standard InChI is InChI=1S/C26H27ClFN5O5/c1-4-18(35)31-8-9-32-15(11-31)13-38-24-21(26(32)37)25(33-12-19(36)30(3)10-14(33)2)29-23(22(24)27)20-16(28)6-5-7-17(20)34/h4-7,14-15,34H,1,8-13H2,2-3H3/t14?,15-/m1/s1. The fourth-order valence-electron chi connectivity index (χ4n) is 5.20. The Morgan fingerprint density at radius 2 is 2.00 bits per heavy atom. The second-order valence-corrected chi connectivity index (χ2v) is 10.0. The molecule has 0 radical (unpaired) electrons. The van der Waals surface area contributed by atoms with Crippen LogP contribution in [-0.4, -0.2) is 101 Å². The van der Waals surface area contributed by atoms with Gasteiger partial charge in [0.05, 0.1) is 18.2 Å². The van der Waals surface area contributed by atoms with Crippen LogP contribution in [0.25, 0.3) is 11.3 Å². The molecule has 0 bridgehead atoms. The first kappa shape index (κ1) is 25.8. The van der Waals surface area contributed by atoms with E-state index >= 15 is 0 Å². The van der Waals surface area contributed by atoms with E-state index in [4.69, 9.17) is 16.3 Å². The van der Waals surface area contributed by atoms with Crippen LogP contribution < -0.4 is 9.64 Å². The van der Waals surface area contributed by atoms with Gasteiger partial charge in [-0.2, -0.15) is 0 Å². The highest BCUT2D eigenvalue weighted by Gasteiger charge is 2.42. The van der Waals surface area contributed by atoms with Crippen LogP contribution in [0.2, 0.25) is 5.02 Å².